The fourth-order valence-electron chi connectivity index (χ4n) is 2.89. The van der Waals surface area contributed by atoms with E-state index in [9.17, 15) is 9.67 Å². The van der Waals surface area contributed by atoms with Gasteiger partial charge in [-0.25, -0.2) is 4.57 Å². The van der Waals surface area contributed by atoms with Crippen LogP contribution in [-0.4, -0.2) is 35.7 Å². The predicted molar refractivity (Wildman–Crippen MR) is 118 cm³/mol. The number of quaternary nitrogens is 1. The Hall–Kier alpha value is -0.270. The van der Waals surface area contributed by atoms with E-state index in [1.807, 2.05) is 0 Å². The van der Waals surface area contributed by atoms with Gasteiger partial charge in [-0.3, -0.25) is 4.52 Å². The summed E-state index contributed by atoms with van der Waals surface area (Å²) in [7, 11) is -4.56. The molecule has 0 heterocycles. The van der Waals surface area contributed by atoms with Gasteiger partial charge in [-0.1, -0.05) is 83.0 Å². The Bertz CT molecular complexity index is 403. The molecule has 0 bridgehead atoms. The molecule has 1 unspecified atom stereocenters. The summed E-state index contributed by atoms with van der Waals surface area (Å²) in [5, 5.41) is 11.3. The summed E-state index contributed by atoms with van der Waals surface area (Å²) in [5.41, 5.74) is 0. The Morgan fingerprint density at radius 1 is 0.828 bits per heavy atom. The lowest BCUT2D eigenvalue weighted by Gasteiger charge is -2.21. The zero-order valence-corrected chi connectivity index (χ0v) is 19.6. The van der Waals surface area contributed by atoms with Crippen molar-refractivity contribution in [1.82, 2.24) is 6.15 Å². The highest BCUT2D eigenvalue weighted by molar-refractivity contribution is 7.46. The first-order chi connectivity index (χ1) is 13.5. The summed E-state index contributed by atoms with van der Waals surface area (Å²) >= 11 is 0. The third-order valence-electron chi connectivity index (χ3n) is 4.53. The van der Waals surface area contributed by atoms with Gasteiger partial charge in [-0.15, -0.1) is 0 Å². The second kappa shape index (κ2) is 22.4. The fourth-order valence-corrected chi connectivity index (χ4v) is 3.26. The number of unbranched alkanes of at least 4 members (excludes halogenated alkanes) is 12. The molecule has 176 valence electrons. The quantitative estimate of drug-likeness (QED) is 0.127. The van der Waals surface area contributed by atoms with Crippen LogP contribution in [0.2, 0.25) is 0 Å². The second-order valence-corrected chi connectivity index (χ2v) is 8.66. The molecule has 0 aromatic heterocycles. The SMILES string of the molecule is CCCCCCCCC=CCCCCCCCCOCC([O-])COP(=O)(O)O.[NH4+]. The van der Waals surface area contributed by atoms with Gasteiger partial charge in [-0.05, 0) is 32.1 Å². The average molecular weight is 440 g/mol. The minimum absolute atomic E-state index is 0. The molecule has 0 aliphatic rings. The first kappa shape index (κ1) is 30.9. The molecule has 0 radical (unpaired) electrons. The maximum absolute atomic E-state index is 11.3. The molecule has 0 saturated heterocycles. The molecule has 0 saturated carbocycles. The highest BCUT2D eigenvalue weighted by atomic mass is 31.2. The van der Waals surface area contributed by atoms with Crippen LogP contribution >= 0.6 is 7.82 Å². The van der Waals surface area contributed by atoms with E-state index >= 15 is 0 Å². The van der Waals surface area contributed by atoms with Crippen LogP contribution < -0.4 is 11.3 Å². The van der Waals surface area contributed by atoms with Gasteiger partial charge in [0.2, 0.25) is 0 Å². The number of rotatable bonds is 21. The van der Waals surface area contributed by atoms with E-state index in [1.54, 1.807) is 0 Å². The van der Waals surface area contributed by atoms with Crippen molar-refractivity contribution in [3.63, 3.8) is 0 Å². The van der Waals surface area contributed by atoms with Gasteiger partial charge < -0.3 is 25.8 Å². The minimum Gasteiger partial charge on any atom is -0.849 e. The van der Waals surface area contributed by atoms with Crippen LogP contribution in [-0.2, 0) is 13.8 Å². The summed E-state index contributed by atoms with van der Waals surface area (Å²) in [5.74, 6) is 0. The largest absolute Gasteiger partial charge is 0.849 e. The van der Waals surface area contributed by atoms with Gasteiger partial charge in [0, 0.05) is 19.8 Å². The van der Waals surface area contributed by atoms with E-state index in [4.69, 9.17) is 14.5 Å². The van der Waals surface area contributed by atoms with Crippen LogP contribution in [0.4, 0.5) is 0 Å². The van der Waals surface area contributed by atoms with E-state index in [0.717, 1.165) is 12.8 Å². The number of hydrogen-bond donors (Lipinski definition) is 3. The Kier molecular flexibility index (Phi) is 23.9. The third-order valence-corrected chi connectivity index (χ3v) is 5.02. The number of hydrogen-bond acceptors (Lipinski definition) is 4. The molecule has 0 amide bonds. The summed E-state index contributed by atoms with van der Waals surface area (Å²) < 4.78 is 19.8. The van der Waals surface area contributed by atoms with Crippen LogP contribution in [0.1, 0.15) is 96.8 Å². The van der Waals surface area contributed by atoms with Gasteiger partial charge in [0.1, 0.15) is 0 Å². The van der Waals surface area contributed by atoms with Crippen molar-refractivity contribution < 1.29 is 28.7 Å². The molecule has 6 N–H and O–H groups in total. The molecule has 0 spiro atoms. The van der Waals surface area contributed by atoms with Crippen LogP contribution in [0.15, 0.2) is 12.2 Å². The zero-order chi connectivity index (χ0) is 20.9. The van der Waals surface area contributed by atoms with Gasteiger partial charge in [0.05, 0.1) is 0 Å². The topological polar surface area (TPSA) is 136 Å². The zero-order valence-electron chi connectivity index (χ0n) is 18.7. The van der Waals surface area contributed by atoms with Crippen molar-refractivity contribution >= 4 is 7.82 Å². The fraction of sp³-hybridized carbons (Fsp3) is 0.905. The molecular formula is C21H46NO6P. The molecular weight excluding hydrogens is 393 g/mol. The number of allylic oxidation sites excluding steroid dienone is 2. The van der Waals surface area contributed by atoms with E-state index in [-0.39, 0.29) is 12.8 Å². The molecule has 7 nitrogen and oxygen atoms in total. The number of phosphoric ester groups is 1. The standard InChI is InChI=1S/C21H42O6P.H3N/c1-2-3-4-5-6-7-8-9-10-11-12-13-14-15-16-17-18-26-19-21(22)20-27-28(23,24)25;/h9-10,21H,2-8,11-20H2,1H3,(H2,23,24,25);1H3/q-1;/p+1. The van der Waals surface area contributed by atoms with Crippen molar-refractivity contribution in [3.05, 3.63) is 12.2 Å². The lowest BCUT2D eigenvalue weighted by molar-refractivity contribution is -0.431. The highest BCUT2D eigenvalue weighted by Gasteiger charge is 2.13. The maximum atomic E-state index is 11.3. The Labute approximate surface area is 178 Å². The van der Waals surface area contributed by atoms with Crippen molar-refractivity contribution in [2.24, 2.45) is 0 Å². The molecule has 29 heavy (non-hydrogen) atoms. The maximum Gasteiger partial charge on any atom is 0.469 e. The molecule has 0 aromatic carbocycles. The Morgan fingerprint density at radius 2 is 1.31 bits per heavy atom. The van der Waals surface area contributed by atoms with Gasteiger partial charge in [0.15, 0.2) is 0 Å². The third kappa shape index (κ3) is 27.7. The average Bonchev–Trinajstić information content (AvgIpc) is 2.65. The Morgan fingerprint density at radius 3 is 1.83 bits per heavy atom. The lowest BCUT2D eigenvalue weighted by Crippen LogP contribution is -2.35. The van der Waals surface area contributed by atoms with E-state index < -0.39 is 20.5 Å². The first-order valence-electron chi connectivity index (χ1n) is 11.0. The molecule has 0 fully saturated rings. The molecule has 0 rings (SSSR count). The van der Waals surface area contributed by atoms with Gasteiger partial charge in [-0.2, -0.15) is 0 Å². The molecule has 0 aliphatic carbocycles. The molecule has 8 heteroatoms. The van der Waals surface area contributed by atoms with Crippen LogP contribution in [0.3, 0.4) is 0 Å². The highest BCUT2D eigenvalue weighted by Crippen LogP contribution is 2.35. The molecule has 0 aliphatic heterocycles. The second-order valence-electron chi connectivity index (χ2n) is 7.42. The summed E-state index contributed by atoms with van der Waals surface area (Å²) in [6.45, 7) is 2.15. The van der Waals surface area contributed by atoms with Crippen LogP contribution in [0.5, 0.6) is 0 Å². The van der Waals surface area contributed by atoms with Crippen molar-refractivity contribution in [3.8, 4) is 0 Å². The van der Waals surface area contributed by atoms with Crippen LogP contribution in [0.25, 0.3) is 0 Å². The Balaban J connectivity index is 0. The van der Waals surface area contributed by atoms with E-state index in [1.165, 1.54) is 77.0 Å². The lowest BCUT2D eigenvalue weighted by atomic mass is 10.1. The van der Waals surface area contributed by atoms with Crippen molar-refractivity contribution in [1.29, 1.82) is 0 Å². The van der Waals surface area contributed by atoms with E-state index in [0.29, 0.717) is 6.61 Å². The van der Waals surface area contributed by atoms with Crippen LogP contribution in [0, 0.1) is 0 Å². The van der Waals surface area contributed by atoms with Gasteiger partial charge in [0.25, 0.3) is 0 Å². The monoisotopic (exact) mass is 439 g/mol. The number of ether oxygens (including phenoxy) is 1. The molecule has 1 atom stereocenters. The molecule has 0 aromatic rings. The minimum atomic E-state index is -4.56. The normalized spacial score (nSPS) is 13.0. The number of phosphoric acid groups is 1. The summed E-state index contributed by atoms with van der Waals surface area (Å²) in [4.78, 5) is 17.0. The van der Waals surface area contributed by atoms with Crippen molar-refractivity contribution in [2.45, 2.75) is 103 Å². The summed E-state index contributed by atoms with van der Waals surface area (Å²) in [6.07, 6.45) is 20.9. The first-order valence-corrected chi connectivity index (χ1v) is 12.6. The van der Waals surface area contributed by atoms with E-state index in [2.05, 4.69) is 23.6 Å². The van der Waals surface area contributed by atoms with Gasteiger partial charge >= 0.3 is 7.82 Å². The predicted octanol–water partition coefficient (Wildman–Crippen LogP) is 5.25. The smallest absolute Gasteiger partial charge is 0.469 e. The summed E-state index contributed by atoms with van der Waals surface area (Å²) in [6, 6.07) is 0. The van der Waals surface area contributed by atoms with Crippen molar-refractivity contribution in [2.75, 3.05) is 19.8 Å².